The van der Waals surface area contributed by atoms with Crippen LogP contribution in [0.25, 0.3) is 0 Å². The number of aryl methyl sites for hydroxylation is 2. The van der Waals surface area contributed by atoms with Crippen LogP contribution in [0.15, 0.2) is 28.7 Å². The Balaban J connectivity index is 1.92. The molecule has 20 heavy (non-hydrogen) atoms. The molecule has 2 rings (SSSR count). The molecule has 0 saturated carbocycles. The molecule has 0 radical (unpaired) electrons. The normalized spacial score (nSPS) is 10.6. The molecule has 0 fully saturated rings. The number of carbonyl (C=O) groups is 1. The van der Waals surface area contributed by atoms with Crippen LogP contribution in [0.1, 0.15) is 23.4 Å². The van der Waals surface area contributed by atoms with Gasteiger partial charge < -0.3 is 5.32 Å². The summed E-state index contributed by atoms with van der Waals surface area (Å²) in [6.45, 7) is 6.67. The van der Waals surface area contributed by atoms with E-state index in [0.717, 1.165) is 21.5 Å². The van der Waals surface area contributed by atoms with Crippen molar-refractivity contribution in [2.75, 3.05) is 5.32 Å². The summed E-state index contributed by atoms with van der Waals surface area (Å²) < 4.78 is 2.89. The number of hydrogen-bond donors (Lipinski definition) is 1. The number of carbonyl (C=O) groups excluding carboxylic acids is 1. The predicted molar refractivity (Wildman–Crippen MR) is 83.8 cm³/mol. The van der Waals surface area contributed by atoms with Gasteiger partial charge in [0.2, 0.25) is 5.91 Å². The van der Waals surface area contributed by atoms with Crippen LogP contribution >= 0.6 is 15.9 Å². The highest BCUT2D eigenvalue weighted by molar-refractivity contribution is 9.10. The number of amides is 1. The van der Waals surface area contributed by atoms with Gasteiger partial charge in [-0.2, -0.15) is 5.10 Å². The van der Waals surface area contributed by atoms with Gasteiger partial charge in [-0.3, -0.25) is 9.48 Å². The molecule has 1 aromatic carbocycles. The zero-order valence-electron chi connectivity index (χ0n) is 11.9. The van der Waals surface area contributed by atoms with Gasteiger partial charge in [0.05, 0.1) is 5.69 Å². The topological polar surface area (TPSA) is 46.9 Å². The summed E-state index contributed by atoms with van der Waals surface area (Å²) in [6.07, 6.45) is 0.414. The Kier molecular flexibility index (Phi) is 4.60. The first-order valence-corrected chi connectivity index (χ1v) is 7.32. The molecule has 1 N–H and O–H groups in total. The Morgan fingerprint density at radius 2 is 1.90 bits per heavy atom. The van der Waals surface area contributed by atoms with Gasteiger partial charge in [-0.25, -0.2) is 0 Å². The van der Waals surface area contributed by atoms with Crippen LogP contribution in [0, 0.1) is 20.8 Å². The Morgan fingerprint density at radius 3 is 2.45 bits per heavy atom. The molecule has 0 bridgehead atoms. The van der Waals surface area contributed by atoms with Crippen molar-refractivity contribution in [3.63, 3.8) is 0 Å². The maximum atomic E-state index is 11.9. The second-order valence-electron chi connectivity index (χ2n) is 4.82. The third-order valence-corrected chi connectivity index (χ3v) is 3.95. The van der Waals surface area contributed by atoms with Crippen molar-refractivity contribution in [3.05, 3.63) is 45.7 Å². The van der Waals surface area contributed by atoms with Crippen LogP contribution in [-0.4, -0.2) is 15.7 Å². The monoisotopic (exact) mass is 335 g/mol. The van der Waals surface area contributed by atoms with Crippen LogP contribution in [0.4, 0.5) is 5.69 Å². The number of nitrogens with zero attached hydrogens (tertiary/aromatic N) is 2. The summed E-state index contributed by atoms with van der Waals surface area (Å²) in [5, 5.41) is 7.31. The van der Waals surface area contributed by atoms with Crippen LogP contribution < -0.4 is 5.32 Å². The highest BCUT2D eigenvalue weighted by Crippen LogP contribution is 2.15. The molecule has 1 amide bonds. The molecule has 2 aromatic rings. The van der Waals surface area contributed by atoms with Crippen molar-refractivity contribution in [3.8, 4) is 0 Å². The zero-order chi connectivity index (χ0) is 14.7. The molecule has 0 unspecified atom stereocenters. The minimum Gasteiger partial charge on any atom is -0.326 e. The van der Waals surface area contributed by atoms with Gasteiger partial charge in [0.25, 0.3) is 0 Å². The number of aromatic nitrogens is 2. The van der Waals surface area contributed by atoms with E-state index in [0.29, 0.717) is 13.0 Å². The molecule has 0 saturated heterocycles. The van der Waals surface area contributed by atoms with E-state index in [2.05, 4.69) is 33.3 Å². The Hall–Kier alpha value is -1.62. The minimum absolute atomic E-state index is 0.00229. The van der Waals surface area contributed by atoms with Crippen molar-refractivity contribution in [1.29, 1.82) is 0 Å². The molecule has 0 atom stereocenters. The van der Waals surface area contributed by atoms with Crippen molar-refractivity contribution in [2.45, 2.75) is 33.7 Å². The third kappa shape index (κ3) is 3.48. The molecule has 0 aliphatic rings. The minimum atomic E-state index is -0.00229. The average molecular weight is 336 g/mol. The fourth-order valence-corrected chi connectivity index (χ4v) is 2.23. The molecular weight excluding hydrogens is 318 g/mol. The lowest BCUT2D eigenvalue weighted by atomic mass is 10.2. The van der Waals surface area contributed by atoms with Gasteiger partial charge >= 0.3 is 0 Å². The van der Waals surface area contributed by atoms with Gasteiger partial charge in [-0.15, -0.1) is 0 Å². The van der Waals surface area contributed by atoms with E-state index < -0.39 is 0 Å². The number of benzene rings is 1. The predicted octanol–water partition coefficient (Wildman–Crippen LogP) is 3.60. The summed E-state index contributed by atoms with van der Waals surface area (Å²) in [4.78, 5) is 11.9. The Bertz CT molecular complexity index is 617. The van der Waals surface area contributed by atoms with Crippen LogP contribution in [-0.2, 0) is 11.3 Å². The van der Waals surface area contributed by atoms with Crippen molar-refractivity contribution in [1.82, 2.24) is 9.78 Å². The largest absolute Gasteiger partial charge is 0.326 e. The smallest absolute Gasteiger partial charge is 0.226 e. The lowest BCUT2D eigenvalue weighted by Crippen LogP contribution is -2.15. The van der Waals surface area contributed by atoms with Crippen LogP contribution in [0.5, 0.6) is 0 Å². The summed E-state index contributed by atoms with van der Waals surface area (Å²) in [7, 11) is 0. The van der Waals surface area contributed by atoms with Crippen molar-refractivity contribution in [2.24, 2.45) is 0 Å². The third-order valence-electron chi connectivity index (χ3n) is 3.42. The molecule has 1 aromatic heterocycles. The van der Waals surface area contributed by atoms with Gasteiger partial charge in [0.15, 0.2) is 0 Å². The van der Waals surface area contributed by atoms with Crippen LogP contribution in [0.3, 0.4) is 0 Å². The van der Waals surface area contributed by atoms with Gasteiger partial charge in [-0.1, -0.05) is 15.9 Å². The van der Waals surface area contributed by atoms with E-state index in [1.165, 1.54) is 5.56 Å². The lowest BCUT2D eigenvalue weighted by molar-refractivity contribution is -0.116. The van der Waals surface area contributed by atoms with E-state index in [1.807, 2.05) is 42.8 Å². The molecule has 0 aliphatic heterocycles. The quantitative estimate of drug-likeness (QED) is 0.927. The maximum absolute atomic E-state index is 11.9. The number of nitrogens with one attached hydrogen (secondary N) is 1. The van der Waals surface area contributed by atoms with E-state index >= 15 is 0 Å². The summed E-state index contributed by atoms with van der Waals surface area (Å²) in [5.74, 6) is -0.00229. The molecular formula is C15H18BrN3O. The van der Waals surface area contributed by atoms with Gasteiger partial charge in [0.1, 0.15) is 0 Å². The molecule has 4 nitrogen and oxygen atoms in total. The second kappa shape index (κ2) is 6.22. The van der Waals surface area contributed by atoms with Gasteiger partial charge in [-0.05, 0) is 50.6 Å². The molecule has 106 valence electrons. The molecule has 1 heterocycles. The van der Waals surface area contributed by atoms with E-state index in [4.69, 9.17) is 0 Å². The number of halogens is 1. The number of rotatable bonds is 4. The first-order chi connectivity index (χ1) is 9.47. The first kappa shape index (κ1) is 14.8. The highest BCUT2D eigenvalue weighted by Gasteiger charge is 2.09. The first-order valence-electron chi connectivity index (χ1n) is 6.53. The summed E-state index contributed by atoms with van der Waals surface area (Å²) in [6, 6.07) is 7.55. The standard InChI is InChI=1S/C15H18BrN3O/c1-10-11(2)18-19(12(10)3)9-8-15(20)17-14-6-4-13(16)5-7-14/h4-7H,8-9H2,1-3H3,(H,17,20). The van der Waals surface area contributed by atoms with Crippen molar-refractivity contribution < 1.29 is 4.79 Å². The SMILES string of the molecule is Cc1nn(CCC(=O)Nc2ccc(Br)cc2)c(C)c1C. The molecule has 0 spiro atoms. The van der Waals surface area contributed by atoms with E-state index in [-0.39, 0.29) is 5.91 Å². The van der Waals surface area contributed by atoms with Crippen LogP contribution in [0.2, 0.25) is 0 Å². The zero-order valence-corrected chi connectivity index (χ0v) is 13.5. The average Bonchev–Trinajstić information content (AvgIpc) is 2.66. The summed E-state index contributed by atoms with van der Waals surface area (Å²) in [5.41, 5.74) is 4.15. The second-order valence-corrected chi connectivity index (χ2v) is 5.74. The number of anilines is 1. The summed E-state index contributed by atoms with van der Waals surface area (Å²) >= 11 is 3.37. The highest BCUT2D eigenvalue weighted by atomic mass is 79.9. The van der Waals surface area contributed by atoms with Gasteiger partial charge in [0, 0.05) is 28.8 Å². The maximum Gasteiger partial charge on any atom is 0.226 e. The number of hydrogen-bond acceptors (Lipinski definition) is 2. The Labute approximate surface area is 127 Å². The fraction of sp³-hybridized carbons (Fsp3) is 0.333. The molecule has 0 aliphatic carbocycles. The fourth-order valence-electron chi connectivity index (χ4n) is 1.97. The van der Waals surface area contributed by atoms with E-state index in [9.17, 15) is 4.79 Å². The lowest BCUT2D eigenvalue weighted by Gasteiger charge is -2.07. The Morgan fingerprint density at radius 1 is 1.25 bits per heavy atom. The van der Waals surface area contributed by atoms with Crippen molar-refractivity contribution >= 4 is 27.5 Å². The van der Waals surface area contributed by atoms with E-state index in [1.54, 1.807) is 0 Å². The molecule has 5 heteroatoms.